The van der Waals surface area contributed by atoms with Crippen molar-refractivity contribution in [2.45, 2.75) is 71.6 Å². The zero-order valence-electron chi connectivity index (χ0n) is 15.9. The third kappa shape index (κ3) is 4.24. The van der Waals surface area contributed by atoms with Gasteiger partial charge in [-0.15, -0.1) is 0 Å². The van der Waals surface area contributed by atoms with Gasteiger partial charge in [0.25, 0.3) is 0 Å². The largest absolute Gasteiger partial charge is 0.464 e. The van der Waals surface area contributed by atoms with Gasteiger partial charge in [0.1, 0.15) is 5.41 Å². The molecular formula is C17H31NO5Si. The number of nitrogens with one attached hydrogen (secondary N) is 1. The van der Waals surface area contributed by atoms with Crippen molar-refractivity contribution in [3.05, 3.63) is 0 Å². The number of cyclic esters (lactones) is 1. The summed E-state index contributed by atoms with van der Waals surface area (Å²) < 4.78 is 11.3. The average molecular weight is 358 g/mol. The molecule has 0 aliphatic carbocycles. The predicted octanol–water partition coefficient (Wildman–Crippen LogP) is 2.43. The molecule has 1 heterocycles. The number of hydrogen-bond acceptors (Lipinski definition) is 5. The van der Waals surface area contributed by atoms with Gasteiger partial charge in [-0.3, -0.25) is 14.4 Å². The number of Topliss-reactive ketones (excluding diaryl/α,β-unsaturated/α-hetero) is 1. The summed E-state index contributed by atoms with van der Waals surface area (Å²) in [4.78, 5) is 36.7. The second kappa shape index (κ2) is 7.35. The standard InChI is InChI=1S/C17H31NO5Si/c1-8-14(20)18-12(11-23-24(6,7)16(2,3)4)17(5)13(19)9-10-22-15(17)21/h12H,8-11H2,1-7H3,(H,18,20)/t12-,17+/m1/s1. The Balaban J connectivity index is 3.06. The first kappa shape index (κ1) is 20.8. The van der Waals surface area contributed by atoms with Gasteiger partial charge in [-0.1, -0.05) is 27.7 Å². The number of hydrogen-bond donors (Lipinski definition) is 1. The maximum absolute atomic E-state index is 12.5. The molecule has 138 valence electrons. The summed E-state index contributed by atoms with van der Waals surface area (Å²) in [5.74, 6) is -1.01. The van der Waals surface area contributed by atoms with Crippen molar-refractivity contribution in [3.63, 3.8) is 0 Å². The number of esters is 1. The lowest BCUT2D eigenvalue weighted by molar-refractivity contribution is -0.169. The smallest absolute Gasteiger partial charge is 0.321 e. The fourth-order valence-electron chi connectivity index (χ4n) is 2.25. The number of amides is 1. The fourth-order valence-corrected chi connectivity index (χ4v) is 3.27. The summed E-state index contributed by atoms with van der Waals surface area (Å²) in [6.07, 6.45) is 0.441. The molecule has 0 unspecified atom stereocenters. The lowest BCUT2D eigenvalue weighted by atomic mass is 9.76. The Hall–Kier alpha value is -1.21. The number of ether oxygens (including phenoxy) is 1. The van der Waals surface area contributed by atoms with Crippen molar-refractivity contribution in [2.24, 2.45) is 5.41 Å². The van der Waals surface area contributed by atoms with E-state index in [0.717, 1.165) is 0 Å². The predicted molar refractivity (Wildman–Crippen MR) is 94.1 cm³/mol. The molecule has 1 aliphatic heterocycles. The van der Waals surface area contributed by atoms with Crippen LogP contribution in [-0.4, -0.2) is 45.2 Å². The zero-order valence-corrected chi connectivity index (χ0v) is 16.9. The number of rotatable bonds is 6. The lowest BCUT2D eigenvalue weighted by Gasteiger charge is -2.41. The first-order valence-corrected chi connectivity index (χ1v) is 11.4. The highest BCUT2D eigenvalue weighted by Gasteiger charge is 2.52. The van der Waals surface area contributed by atoms with Crippen molar-refractivity contribution in [2.75, 3.05) is 13.2 Å². The molecule has 0 aromatic carbocycles. The first-order chi connectivity index (χ1) is 10.9. The van der Waals surface area contributed by atoms with E-state index in [2.05, 4.69) is 39.2 Å². The number of carbonyl (C=O) groups excluding carboxylic acids is 3. The van der Waals surface area contributed by atoms with E-state index in [1.165, 1.54) is 0 Å². The monoisotopic (exact) mass is 357 g/mol. The van der Waals surface area contributed by atoms with Crippen LogP contribution < -0.4 is 5.32 Å². The normalized spacial score (nSPS) is 23.6. The third-order valence-corrected chi connectivity index (χ3v) is 9.84. The van der Waals surface area contributed by atoms with Crippen LogP contribution in [0.2, 0.25) is 18.1 Å². The minimum atomic E-state index is -2.08. The fraction of sp³-hybridized carbons (Fsp3) is 0.824. The molecular weight excluding hydrogens is 326 g/mol. The Morgan fingerprint density at radius 3 is 2.42 bits per heavy atom. The van der Waals surface area contributed by atoms with Crippen molar-refractivity contribution in [3.8, 4) is 0 Å². The molecule has 6 nitrogen and oxygen atoms in total. The molecule has 0 spiro atoms. The minimum absolute atomic E-state index is 0.00962. The van der Waals surface area contributed by atoms with Crippen molar-refractivity contribution in [1.82, 2.24) is 5.32 Å². The van der Waals surface area contributed by atoms with Crippen LogP contribution in [0.15, 0.2) is 0 Å². The molecule has 24 heavy (non-hydrogen) atoms. The molecule has 1 aliphatic rings. The molecule has 0 bridgehead atoms. The molecule has 1 saturated heterocycles. The van der Waals surface area contributed by atoms with Gasteiger partial charge in [0.15, 0.2) is 14.1 Å². The highest BCUT2D eigenvalue weighted by Crippen LogP contribution is 2.38. The molecule has 1 N–H and O–H groups in total. The van der Waals surface area contributed by atoms with Gasteiger partial charge in [-0.05, 0) is 25.1 Å². The van der Waals surface area contributed by atoms with Crippen molar-refractivity contribution < 1.29 is 23.5 Å². The second-order valence-electron chi connectivity index (χ2n) is 8.06. The molecule has 7 heteroatoms. The molecule has 0 aromatic rings. The van der Waals surface area contributed by atoms with Gasteiger partial charge in [0, 0.05) is 12.8 Å². The van der Waals surface area contributed by atoms with Crippen LogP contribution in [0.3, 0.4) is 0 Å². The molecule has 1 amide bonds. The summed E-state index contributed by atoms with van der Waals surface area (Å²) >= 11 is 0. The number of carbonyl (C=O) groups is 3. The SMILES string of the molecule is CCC(=O)N[C@H](CO[Si](C)(C)C(C)(C)C)[C@@]1(C)C(=O)CCOC1=O. The maximum atomic E-state index is 12.5. The summed E-state index contributed by atoms with van der Waals surface area (Å²) in [6.45, 7) is 14.0. The Morgan fingerprint density at radius 1 is 1.38 bits per heavy atom. The van der Waals surface area contributed by atoms with E-state index in [4.69, 9.17) is 9.16 Å². The molecule has 0 aromatic heterocycles. The van der Waals surface area contributed by atoms with Gasteiger partial charge in [0.05, 0.1) is 19.3 Å². The molecule has 1 fully saturated rings. The van der Waals surface area contributed by atoms with Gasteiger partial charge in [-0.25, -0.2) is 0 Å². The Labute approximate surface area is 145 Å². The first-order valence-electron chi connectivity index (χ1n) is 8.50. The van der Waals surface area contributed by atoms with E-state index >= 15 is 0 Å². The van der Waals surface area contributed by atoms with Crippen LogP contribution >= 0.6 is 0 Å². The van der Waals surface area contributed by atoms with Gasteiger partial charge < -0.3 is 14.5 Å². The molecule has 1 rings (SSSR count). The summed E-state index contributed by atoms with van der Waals surface area (Å²) in [5.41, 5.74) is -1.40. The summed E-state index contributed by atoms with van der Waals surface area (Å²) in [6, 6.07) is -0.723. The minimum Gasteiger partial charge on any atom is -0.464 e. The molecule has 0 saturated carbocycles. The second-order valence-corrected chi connectivity index (χ2v) is 12.9. The van der Waals surface area contributed by atoms with Crippen molar-refractivity contribution >= 4 is 26.0 Å². The van der Waals surface area contributed by atoms with Crippen LogP contribution in [-0.2, 0) is 23.5 Å². The lowest BCUT2D eigenvalue weighted by Crippen LogP contribution is -2.60. The van der Waals surface area contributed by atoms with E-state index < -0.39 is 25.7 Å². The summed E-state index contributed by atoms with van der Waals surface area (Å²) in [7, 11) is -2.08. The quantitative estimate of drug-likeness (QED) is 0.448. The average Bonchev–Trinajstić information content (AvgIpc) is 2.47. The molecule has 2 atom stereocenters. The third-order valence-electron chi connectivity index (χ3n) is 5.34. The van der Waals surface area contributed by atoms with Crippen molar-refractivity contribution in [1.29, 1.82) is 0 Å². The highest BCUT2D eigenvalue weighted by molar-refractivity contribution is 6.74. The zero-order chi connectivity index (χ0) is 18.8. The maximum Gasteiger partial charge on any atom is 0.321 e. The van der Waals surface area contributed by atoms with Crippen LogP contribution in [0.1, 0.15) is 47.5 Å². The van der Waals surface area contributed by atoms with Crippen LogP contribution in [0, 0.1) is 5.41 Å². The van der Waals surface area contributed by atoms with E-state index in [0.29, 0.717) is 0 Å². The van der Waals surface area contributed by atoms with Crippen LogP contribution in [0.25, 0.3) is 0 Å². The highest BCUT2D eigenvalue weighted by atomic mass is 28.4. The molecule has 0 radical (unpaired) electrons. The number of ketones is 1. The van der Waals surface area contributed by atoms with Gasteiger partial charge >= 0.3 is 5.97 Å². The Bertz CT molecular complexity index is 494. The Morgan fingerprint density at radius 2 is 1.96 bits per heavy atom. The topological polar surface area (TPSA) is 81.7 Å². The van der Waals surface area contributed by atoms with Crippen LogP contribution in [0.4, 0.5) is 0 Å². The van der Waals surface area contributed by atoms with E-state index in [-0.39, 0.29) is 42.8 Å². The summed E-state index contributed by atoms with van der Waals surface area (Å²) in [5, 5.41) is 2.79. The van der Waals surface area contributed by atoms with E-state index in [9.17, 15) is 14.4 Å². The van der Waals surface area contributed by atoms with E-state index in [1.807, 2.05) is 0 Å². The van der Waals surface area contributed by atoms with Gasteiger partial charge in [-0.2, -0.15) is 0 Å². The van der Waals surface area contributed by atoms with Gasteiger partial charge in [0.2, 0.25) is 5.91 Å². The van der Waals surface area contributed by atoms with E-state index in [1.54, 1.807) is 13.8 Å². The Kier molecular flexibility index (Phi) is 6.38. The van der Waals surface area contributed by atoms with Crippen LogP contribution in [0.5, 0.6) is 0 Å².